The van der Waals surface area contributed by atoms with Crippen LogP contribution in [-0.4, -0.2) is 29.5 Å². The monoisotopic (exact) mass is 219 g/mol. The predicted molar refractivity (Wildman–Crippen MR) is 66.0 cm³/mol. The third kappa shape index (κ3) is 2.42. The topological polar surface area (TPSA) is 42.2 Å². The molecule has 2 rings (SSSR count). The van der Waals surface area contributed by atoms with Gasteiger partial charge in [-0.1, -0.05) is 6.92 Å². The second-order valence-electron chi connectivity index (χ2n) is 5.28. The van der Waals surface area contributed by atoms with E-state index in [0.717, 1.165) is 26.2 Å². The number of aryl methyl sites for hydroxylation is 1. The minimum atomic E-state index is 0.316. The van der Waals surface area contributed by atoms with Crippen LogP contribution in [0.1, 0.15) is 24.5 Å². The first kappa shape index (κ1) is 11.6. The van der Waals surface area contributed by atoms with Gasteiger partial charge < -0.3 is 5.73 Å². The lowest BCUT2D eigenvalue weighted by atomic mass is 9.90. The summed E-state index contributed by atoms with van der Waals surface area (Å²) in [5.41, 5.74) is 8.80. The molecule has 3 nitrogen and oxygen atoms in total. The number of hydrogen-bond acceptors (Lipinski definition) is 3. The number of aromatic nitrogens is 1. The summed E-state index contributed by atoms with van der Waals surface area (Å²) in [7, 11) is 0. The Kier molecular flexibility index (Phi) is 3.26. The number of nitrogens with two attached hydrogens (primary N) is 1. The Bertz CT molecular complexity index is 364. The van der Waals surface area contributed by atoms with E-state index in [1.165, 1.54) is 17.5 Å². The molecule has 1 saturated heterocycles. The van der Waals surface area contributed by atoms with E-state index >= 15 is 0 Å². The van der Waals surface area contributed by atoms with Gasteiger partial charge in [-0.05, 0) is 49.0 Å². The molecule has 2 N–H and O–H groups in total. The van der Waals surface area contributed by atoms with Gasteiger partial charge in [0.05, 0.1) is 0 Å². The smallest absolute Gasteiger partial charge is 0.0315 e. The van der Waals surface area contributed by atoms with Crippen molar-refractivity contribution in [1.29, 1.82) is 0 Å². The van der Waals surface area contributed by atoms with Gasteiger partial charge in [-0.25, -0.2) is 0 Å². The van der Waals surface area contributed by atoms with Crippen molar-refractivity contribution in [3.8, 4) is 0 Å². The maximum Gasteiger partial charge on any atom is 0.0315 e. The van der Waals surface area contributed by atoms with Gasteiger partial charge in [0, 0.05) is 25.5 Å². The van der Waals surface area contributed by atoms with Crippen molar-refractivity contribution in [3.05, 3.63) is 29.6 Å². The zero-order valence-corrected chi connectivity index (χ0v) is 10.2. The van der Waals surface area contributed by atoms with Crippen LogP contribution in [0.4, 0.5) is 0 Å². The summed E-state index contributed by atoms with van der Waals surface area (Å²) < 4.78 is 0. The summed E-state index contributed by atoms with van der Waals surface area (Å²) in [6.45, 7) is 8.49. The Hall–Kier alpha value is -0.930. The molecule has 0 aliphatic carbocycles. The molecule has 1 fully saturated rings. The molecule has 0 aromatic carbocycles. The fraction of sp³-hybridized carbons (Fsp3) is 0.615. The third-order valence-electron chi connectivity index (χ3n) is 3.67. The van der Waals surface area contributed by atoms with Crippen molar-refractivity contribution in [3.63, 3.8) is 0 Å². The van der Waals surface area contributed by atoms with Crippen LogP contribution in [0.2, 0.25) is 0 Å². The summed E-state index contributed by atoms with van der Waals surface area (Å²) in [6, 6.07) is 2.08. The lowest BCUT2D eigenvalue weighted by Gasteiger charge is -2.22. The molecule has 0 saturated carbocycles. The molecule has 88 valence electrons. The molecule has 2 heterocycles. The Morgan fingerprint density at radius 3 is 3.00 bits per heavy atom. The molecule has 3 heteroatoms. The van der Waals surface area contributed by atoms with Gasteiger partial charge in [0.1, 0.15) is 0 Å². The molecule has 0 spiro atoms. The van der Waals surface area contributed by atoms with Crippen LogP contribution < -0.4 is 5.73 Å². The molecule has 16 heavy (non-hydrogen) atoms. The minimum Gasteiger partial charge on any atom is -0.330 e. The van der Waals surface area contributed by atoms with E-state index in [1.807, 2.05) is 12.4 Å². The van der Waals surface area contributed by atoms with Crippen molar-refractivity contribution in [2.45, 2.75) is 26.8 Å². The van der Waals surface area contributed by atoms with Crippen LogP contribution in [0.3, 0.4) is 0 Å². The molecule has 1 aromatic rings. The van der Waals surface area contributed by atoms with E-state index in [1.54, 1.807) is 0 Å². The quantitative estimate of drug-likeness (QED) is 0.839. The number of rotatable bonds is 3. The van der Waals surface area contributed by atoms with E-state index < -0.39 is 0 Å². The summed E-state index contributed by atoms with van der Waals surface area (Å²) in [5.74, 6) is 0. The average Bonchev–Trinajstić information content (AvgIpc) is 2.65. The Morgan fingerprint density at radius 2 is 2.38 bits per heavy atom. The zero-order chi connectivity index (χ0) is 11.6. The maximum absolute atomic E-state index is 5.81. The summed E-state index contributed by atoms with van der Waals surface area (Å²) in [6.07, 6.45) is 5.04. The van der Waals surface area contributed by atoms with Gasteiger partial charge in [-0.2, -0.15) is 0 Å². The first-order valence-electron chi connectivity index (χ1n) is 5.95. The largest absolute Gasteiger partial charge is 0.330 e. The first-order valence-corrected chi connectivity index (χ1v) is 5.95. The zero-order valence-electron chi connectivity index (χ0n) is 10.2. The van der Waals surface area contributed by atoms with Crippen molar-refractivity contribution >= 4 is 0 Å². The number of pyridine rings is 1. The van der Waals surface area contributed by atoms with E-state index in [-0.39, 0.29) is 0 Å². The molecule has 0 amide bonds. The van der Waals surface area contributed by atoms with Gasteiger partial charge in [0.2, 0.25) is 0 Å². The second-order valence-corrected chi connectivity index (χ2v) is 5.28. The molecular weight excluding hydrogens is 198 g/mol. The van der Waals surface area contributed by atoms with Crippen molar-refractivity contribution < 1.29 is 0 Å². The molecular formula is C13H21N3. The van der Waals surface area contributed by atoms with Crippen LogP contribution in [0, 0.1) is 12.3 Å². The first-order chi connectivity index (χ1) is 7.63. The van der Waals surface area contributed by atoms with Crippen LogP contribution in [0.15, 0.2) is 18.5 Å². The van der Waals surface area contributed by atoms with Gasteiger partial charge in [0.25, 0.3) is 0 Å². The van der Waals surface area contributed by atoms with Gasteiger partial charge in [-0.3, -0.25) is 9.88 Å². The summed E-state index contributed by atoms with van der Waals surface area (Å²) in [5, 5.41) is 0. The van der Waals surface area contributed by atoms with Crippen LogP contribution in [0.5, 0.6) is 0 Å². The van der Waals surface area contributed by atoms with Crippen LogP contribution in [0.25, 0.3) is 0 Å². The van der Waals surface area contributed by atoms with Crippen LogP contribution in [-0.2, 0) is 6.54 Å². The van der Waals surface area contributed by atoms with Gasteiger partial charge >= 0.3 is 0 Å². The van der Waals surface area contributed by atoms with Crippen molar-refractivity contribution in [2.75, 3.05) is 19.6 Å². The Labute approximate surface area is 97.7 Å². The third-order valence-corrected chi connectivity index (χ3v) is 3.67. The van der Waals surface area contributed by atoms with Gasteiger partial charge in [-0.15, -0.1) is 0 Å². The van der Waals surface area contributed by atoms with Crippen molar-refractivity contribution in [1.82, 2.24) is 9.88 Å². The average molecular weight is 219 g/mol. The van der Waals surface area contributed by atoms with Crippen molar-refractivity contribution in [2.24, 2.45) is 11.1 Å². The molecule has 1 aliphatic heterocycles. The highest BCUT2D eigenvalue weighted by molar-refractivity contribution is 5.21. The summed E-state index contributed by atoms with van der Waals surface area (Å²) in [4.78, 5) is 6.68. The van der Waals surface area contributed by atoms with Gasteiger partial charge in [0.15, 0.2) is 0 Å². The standard InChI is InChI=1S/C13H21N3/c1-11-3-5-15-7-12(11)8-16-6-4-13(2,9-14)10-16/h3,5,7H,4,6,8-10,14H2,1-2H3. The Balaban J connectivity index is 2.00. The normalized spacial score (nSPS) is 26.2. The minimum absolute atomic E-state index is 0.316. The van der Waals surface area contributed by atoms with E-state index in [4.69, 9.17) is 5.73 Å². The fourth-order valence-corrected chi connectivity index (χ4v) is 2.33. The summed E-state index contributed by atoms with van der Waals surface area (Å²) >= 11 is 0. The number of likely N-dealkylation sites (tertiary alicyclic amines) is 1. The highest BCUT2D eigenvalue weighted by Crippen LogP contribution is 2.29. The lowest BCUT2D eigenvalue weighted by Crippen LogP contribution is -2.31. The second kappa shape index (κ2) is 4.52. The highest BCUT2D eigenvalue weighted by Gasteiger charge is 2.32. The number of nitrogens with zero attached hydrogens (tertiary/aromatic N) is 2. The molecule has 1 aromatic heterocycles. The highest BCUT2D eigenvalue weighted by atomic mass is 15.2. The molecule has 1 aliphatic rings. The number of hydrogen-bond donors (Lipinski definition) is 1. The van der Waals surface area contributed by atoms with E-state index in [2.05, 4.69) is 29.8 Å². The fourth-order valence-electron chi connectivity index (χ4n) is 2.33. The van der Waals surface area contributed by atoms with E-state index in [9.17, 15) is 0 Å². The Morgan fingerprint density at radius 1 is 1.56 bits per heavy atom. The maximum atomic E-state index is 5.81. The lowest BCUT2D eigenvalue weighted by molar-refractivity contribution is 0.274. The molecule has 0 radical (unpaired) electrons. The molecule has 1 atom stereocenters. The predicted octanol–water partition coefficient (Wildman–Crippen LogP) is 1.56. The molecule has 0 bridgehead atoms. The SMILES string of the molecule is Cc1ccncc1CN1CCC(C)(CN)C1. The van der Waals surface area contributed by atoms with Crippen LogP contribution >= 0.6 is 0 Å². The molecule has 1 unspecified atom stereocenters. The van der Waals surface area contributed by atoms with E-state index in [0.29, 0.717) is 5.41 Å².